The minimum Gasteiger partial charge on any atom is -0.435 e. The fraction of sp³-hybridized carbons (Fsp3) is 0.909. The molecule has 0 radical (unpaired) electrons. The van der Waals surface area contributed by atoms with Gasteiger partial charge < -0.3 is 29.5 Å². The zero-order valence-corrected chi connectivity index (χ0v) is 14.0. The van der Waals surface area contributed by atoms with Crippen molar-refractivity contribution in [1.82, 2.24) is 0 Å². The second-order valence-corrected chi connectivity index (χ2v) is 8.60. The molecule has 0 aromatic heterocycles. The van der Waals surface area contributed by atoms with Crippen LogP contribution in [-0.2, 0) is 22.8 Å². The van der Waals surface area contributed by atoms with E-state index < -0.39 is 26.2 Å². The van der Waals surface area contributed by atoms with Gasteiger partial charge in [0.25, 0.3) is 0 Å². The second-order valence-electron chi connectivity index (χ2n) is 4.56. The van der Waals surface area contributed by atoms with Gasteiger partial charge in [-0.05, 0) is 31.4 Å². The maximum atomic E-state index is 12.3. The van der Waals surface area contributed by atoms with Gasteiger partial charge in [-0.2, -0.15) is 11.8 Å². The highest BCUT2D eigenvalue weighted by Gasteiger charge is 2.68. The Bertz CT molecular complexity index is 332. The Labute approximate surface area is 125 Å². The van der Waals surface area contributed by atoms with Gasteiger partial charge in [0.1, 0.15) is 0 Å². The number of carbonyl (C=O) groups is 1. The fourth-order valence-electron chi connectivity index (χ4n) is 2.12. The number of hydrogen-bond donors (Lipinski definition) is 2. The molecule has 1 heterocycles. The Morgan fingerprint density at radius 1 is 1.45 bits per heavy atom. The van der Waals surface area contributed by atoms with Crippen molar-refractivity contribution in [2.45, 2.75) is 30.7 Å². The fourth-order valence-corrected chi connectivity index (χ4v) is 5.37. The SMILES string of the molecule is CO[Si]1(OC)OC(CCCN)OC(=O)C1(N)CCSC. The zero-order valence-electron chi connectivity index (χ0n) is 12.2. The standard InChI is InChI=1S/C11H24N2O5SSi/c1-15-20(16-2)11(13,6-8-19-3)10(14)17-9(18-20)5-4-7-12/h9H,4-8,12-13H2,1-3H3. The van der Waals surface area contributed by atoms with Crippen molar-refractivity contribution in [3.63, 3.8) is 0 Å². The van der Waals surface area contributed by atoms with Crippen LogP contribution < -0.4 is 11.5 Å². The summed E-state index contributed by atoms with van der Waals surface area (Å²) in [7, 11) is -0.442. The average molecular weight is 324 g/mol. The molecule has 1 aliphatic heterocycles. The second kappa shape index (κ2) is 7.73. The Hall–Kier alpha value is -0.163. The molecule has 0 spiro atoms. The predicted molar refractivity (Wildman–Crippen MR) is 78.9 cm³/mol. The summed E-state index contributed by atoms with van der Waals surface area (Å²) in [4.78, 5) is 12.3. The van der Waals surface area contributed by atoms with E-state index in [1.807, 2.05) is 6.26 Å². The summed E-state index contributed by atoms with van der Waals surface area (Å²) < 4.78 is 22.0. The number of ether oxygens (including phenoxy) is 1. The molecule has 0 aromatic carbocycles. The van der Waals surface area contributed by atoms with Crippen LogP contribution in [0.4, 0.5) is 0 Å². The minimum atomic E-state index is -3.35. The number of rotatable bonds is 8. The number of carbonyl (C=O) groups excluding carboxylic acids is 1. The van der Waals surface area contributed by atoms with E-state index in [-0.39, 0.29) is 0 Å². The first-order chi connectivity index (χ1) is 9.49. The molecule has 2 atom stereocenters. The van der Waals surface area contributed by atoms with Crippen LogP contribution in [0.15, 0.2) is 0 Å². The van der Waals surface area contributed by atoms with E-state index in [9.17, 15) is 4.79 Å². The van der Waals surface area contributed by atoms with Crippen LogP contribution in [0.1, 0.15) is 19.3 Å². The predicted octanol–water partition coefficient (Wildman–Crippen LogP) is -0.154. The smallest absolute Gasteiger partial charge is 0.435 e. The lowest BCUT2D eigenvalue weighted by Gasteiger charge is -2.45. The maximum Gasteiger partial charge on any atom is 0.536 e. The van der Waals surface area contributed by atoms with Crippen molar-refractivity contribution in [3.05, 3.63) is 0 Å². The molecule has 2 unspecified atom stereocenters. The normalized spacial score (nSPS) is 29.2. The van der Waals surface area contributed by atoms with Crippen molar-refractivity contribution in [2.75, 3.05) is 32.8 Å². The Morgan fingerprint density at radius 3 is 2.60 bits per heavy atom. The van der Waals surface area contributed by atoms with Crippen LogP contribution in [0, 0.1) is 0 Å². The molecule has 0 amide bonds. The van der Waals surface area contributed by atoms with Crippen LogP contribution in [0.2, 0.25) is 0 Å². The van der Waals surface area contributed by atoms with Gasteiger partial charge in [0.15, 0.2) is 11.5 Å². The van der Waals surface area contributed by atoms with E-state index in [2.05, 4.69) is 0 Å². The van der Waals surface area contributed by atoms with Crippen molar-refractivity contribution >= 4 is 26.5 Å². The Balaban J connectivity index is 2.96. The third kappa shape index (κ3) is 3.35. The van der Waals surface area contributed by atoms with E-state index in [0.717, 1.165) is 0 Å². The van der Waals surface area contributed by atoms with Crippen molar-refractivity contribution < 1.29 is 22.8 Å². The van der Waals surface area contributed by atoms with Gasteiger partial charge in [0.2, 0.25) is 0 Å². The molecular formula is C11H24N2O5SSi. The monoisotopic (exact) mass is 324 g/mol. The molecule has 0 saturated carbocycles. The molecule has 7 nitrogen and oxygen atoms in total. The lowest BCUT2D eigenvalue weighted by molar-refractivity contribution is -0.192. The summed E-state index contributed by atoms with van der Waals surface area (Å²) in [5, 5.41) is -1.36. The molecule has 20 heavy (non-hydrogen) atoms. The Kier molecular flexibility index (Phi) is 6.92. The summed E-state index contributed by atoms with van der Waals surface area (Å²) in [6.07, 6.45) is 2.79. The van der Waals surface area contributed by atoms with E-state index in [1.165, 1.54) is 14.2 Å². The first-order valence-corrected chi connectivity index (χ1v) is 9.58. The number of hydrogen-bond acceptors (Lipinski definition) is 8. The summed E-state index contributed by atoms with van der Waals surface area (Å²) >= 11 is 1.58. The van der Waals surface area contributed by atoms with E-state index in [4.69, 9.17) is 29.5 Å². The quantitative estimate of drug-likeness (QED) is 0.469. The number of thioether (sulfide) groups is 1. The van der Waals surface area contributed by atoms with E-state index >= 15 is 0 Å². The lowest BCUT2D eigenvalue weighted by atomic mass is 10.2. The highest BCUT2D eigenvalue weighted by molar-refractivity contribution is 7.98. The average Bonchev–Trinajstić information content (AvgIpc) is 2.46. The van der Waals surface area contributed by atoms with Crippen LogP contribution >= 0.6 is 11.8 Å². The van der Waals surface area contributed by atoms with E-state index in [0.29, 0.717) is 31.6 Å². The van der Waals surface area contributed by atoms with Crippen molar-refractivity contribution in [3.8, 4) is 0 Å². The molecule has 1 rings (SSSR count). The molecule has 1 aliphatic rings. The van der Waals surface area contributed by atoms with Crippen LogP contribution in [-0.4, -0.2) is 59.0 Å². The zero-order chi connectivity index (χ0) is 15.2. The first-order valence-electron chi connectivity index (χ1n) is 6.46. The molecule has 118 valence electrons. The number of cyclic esters (lactones) is 1. The number of esters is 1. The molecule has 1 fully saturated rings. The number of nitrogens with two attached hydrogens (primary N) is 2. The highest BCUT2D eigenvalue weighted by atomic mass is 32.2. The maximum absolute atomic E-state index is 12.3. The van der Waals surface area contributed by atoms with Crippen LogP contribution in [0.3, 0.4) is 0 Å². The summed E-state index contributed by atoms with van der Waals surface area (Å²) in [5.41, 5.74) is 11.7. The lowest BCUT2D eigenvalue weighted by Crippen LogP contribution is -2.77. The topological polar surface area (TPSA) is 106 Å². The molecule has 4 N–H and O–H groups in total. The molecule has 9 heteroatoms. The van der Waals surface area contributed by atoms with Gasteiger partial charge in [-0.25, -0.2) is 0 Å². The van der Waals surface area contributed by atoms with Crippen LogP contribution in [0.5, 0.6) is 0 Å². The molecule has 1 saturated heterocycles. The first kappa shape index (κ1) is 17.9. The van der Waals surface area contributed by atoms with Gasteiger partial charge >= 0.3 is 14.8 Å². The summed E-state index contributed by atoms with van der Waals surface area (Å²) in [6, 6.07) is 0. The van der Waals surface area contributed by atoms with E-state index in [1.54, 1.807) is 11.8 Å². The van der Waals surface area contributed by atoms with Gasteiger partial charge in [0, 0.05) is 20.6 Å². The molecule has 0 bridgehead atoms. The largest absolute Gasteiger partial charge is 0.536 e. The van der Waals surface area contributed by atoms with Gasteiger partial charge in [-0.15, -0.1) is 0 Å². The molecule has 0 aromatic rings. The molecular weight excluding hydrogens is 300 g/mol. The van der Waals surface area contributed by atoms with Crippen LogP contribution in [0.25, 0.3) is 0 Å². The Morgan fingerprint density at radius 2 is 2.10 bits per heavy atom. The summed E-state index contributed by atoms with van der Waals surface area (Å²) in [5.74, 6) is 0.166. The highest BCUT2D eigenvalue weighted by Crippen LogP contribution is 2.34. The van der Waals surface area contributed by atoms with Gasteiger partial charge in [0.05, 0.1) is 0 Å². The minimum absolute atomic E-state index is 0.379. The van der Waals surface area contributed by atoms with Gasteiger partial charge in [-0.3, -0.25) is 4.79 Å². The summed E-state index contributed by atoms with van der Waals surface area (Å²) in [6.45, 7) is 0.492. The van der Waals surface area contributed by atoms with Crippen molar-refractivity contribution in [1.29, 1.82) is 0 Å². The van der Waals surface area contributed by atoms with Crippen molar-refractivity contribution in [2.24, 2.45) is 11.5 Å². The third-order valence-corrected chi connectivity index (χ3v) is 7.12. The van der Waals surface area contributed by atoms with Gasteiger partial charge in [-0.1, -0.05) is 0 Å². The molecule has 0 aliphatic carbocycles. The third-order valence-electron chi connectivity index (χ3n) is 3.32.